The molecule has 0 spiro atoms. The quantitative estimate of drug-likeness (QED) is 0.744. The molecular weight excluding hydrogens is 220 g/mol. The molecule has 2 rings (SSSR count). The highest BCUT2D eigenvalue weighted by atomic mass is 16.5. The maximum Gasteiger partial charge on any atom is 0.309 e. The smallest absolute Gasteiger partial charge is 0.309 e. The molecule has 1 atom stereocenters. The van der Waals surface area contributed by atoms with Crippen LogP contribution in [0.5, 0.6) is 5.75 Å². The Morgan fingerprint density at radius 3 is 2.76 bits per heavy atom. The van der Waals surface area contributed by atoms with Crippen LogP contribution in [0.15, 0.2) is 24.3 Å². The standard InChI is InChI=1S/C13H16O4/c1-15-13(14)8-10-2-4-11(5-3-10)17-12-6-7-16-9-12/h2-5,12H,6-9H2,1H3. The van der Waals surface area contributed by atoms with Crippen LogP contribution in [0.2, 0.25) is 0 Å². The number of carbonyl (C=O) groups excluding carboxylic acids is 1. The Morgan fingerprint density at radius 1 is 1.41 bits per heavy atom. The maximum absolute atomic E-state index is 11.1. The Kier molecular flexibility index (Phi) is 3.98. The van der Waals surface area contributed by atoms with E-state index in [-0.39, 0.29) is 12.1 Å². The topological polar surface area (TPSA) is 44.8 Å². The molecular formula is C13H16O4. The first-order valence-corrected chi connectivity index (χ1v) is 5.68. The monoisotopic (exact) mass is 236 g/mol. The zero-order valence-electron chi connectivity index (χ0n) is 9.85. The summed E-state index contributed by atoms with van der Waals surface area (Å²) < 4.78 is 15.6. The molecule has 0 radical (unpaired) electrons. The average Bonchev–Trinajstić information content (AvgIpc) is 2.84. The molecule has 0 aliphatic carbocycles. The molecule has 1 aromatic rings. The highest BCUT2D eigenvalue weighted by Crippen LogP contribution is 2.17. The summed E-state index contributed by atoms with van der Waals surface area (Å²) in [4.78, 5) is 11.1. The summed E-state index contributed by atoms with van der Waals surface area (Å²) in [7, 11) is 1.39. The van der Waals surface area contributed by atoms with E-state index in [1.165, 1.54) is 7.11 Å². The first kappa shape index (κ1) is 11.9. The molecule has 0 amide bonds. The Labute approximate surface area is 100 Å². The molecule has 1 aliphatic rings. The Balaban J connectivity index is 1.90. The van der Waals surface area contributed by atoms with Crippen molar-refractivity contribution < 1.29 is 19.0 Å². The van der Waals surface area contributed by atoms with Crippen molar-refractivity contribution in [2.24, 2.45) is 0 Å². The van der Waals surface area contributed by atoms with Gasteiger partial charge in [0.1, 0.15) is 11.9 Å². The molecule has 1 aliphatic heterocycles. The van der Waals surface area contributed by atoms with Gasteiger partial charge >= 0.3 is 5.97 Å². The molecule has 1 saturated heterocycles. The van der Waals surface area contributed by atoms with Crippen molar-refractivity contribution >= 4 is 5.97 Å². The lowest BCUT2D eigenvalue weighted by Gasteiger charge is -2.11. The molecule has 4 heteroatoms. The van der Waals surface area contributed by atoms with Crippen molar-refractivity contribution in [3.05, 3.63) is 29.8 Å². The van der Waals surface area contributed by atoms with Crippen molar-refractivity contribution in [2.75, 3.05) is 20.3 Å². The van der Waals surface area contributed by atoms with Crippen LogP contribution in [0.3, 0.4) is 0 Å². The van der Waals surface area contributed by atoms with Gasteiger partial charge in [0.15, 0.2) is 0 Å². The fraction of sp³-hybridized carbons (Fsp3) is 0.462. The van der Waals surface area contributed by atoms with Crippen LogP contribution >= 0.6 is 0 Å². The lowest BCUT2D eigenvalue weighted by molar-refractivity contribution is -0.139. The summed E-state index contributed by atoms with van der Waals surface area (Å²) in [6, 6.07) is 7.50. The third kappa shape index (κ3) is 3.46. The van der Waals surface area contributed by atoms with E-state index in [2.05, 4.69) is 4.74 Å². The van der Waals surface area contributed by atoms with Gasteiger partial charge in [-0.3, -0.25) is 4.79 Å². The molecule has 1 heterocycles. The lowest BCUT2D eigenvalue weighted by atomic mass is 10.1. The third-order valence-corrected chi connectivity index (χ3v) is 2.69. The molecule has 1 fully saturated rings. The number of carbonyl (C=O) groups is 1. The molecule has 0 saturated carbocycles. The van der Waals surface area contributed by atoms with E-state index in [1.807, 2.05) is 24.3 Å². The number of methoxy groups -OCH3 is 1. The predicted molar refractivity (Wildman–Crippen MR) is 62.0 cm³/mol. The highest BCUT2D eigenvalue weighted by Gasteiger charge is 2.16. The van der Waals surface area contributed by atoms with Crippen LogP contribution < -0.4 is 4.74 Å². The average molecular weight is 236 g/mol. The lowest BCUT2D eigenvalue weighted by Crippen LogP contribution is -2.15. The van der Waals surface area contributed by atoms with Gasteiger partial charge in [0, 0.05) is 6.42 Å². The Hall–Kier alpha value is -1.55. The number of esters is 1. The van der Waals surface area contributed by atoms with Crippen molar-refractivity contribution in [1.82, 2.24) is 0 Å². The minimum atomic E-state index is -0.233. The second-order valence-corrected chi connectivity index (χ2v) is 4.00. The Morgan fingerprint density at radius 2 is 2.18 bits per heavy atom. The summed E-state index contributed by atoms with van der Waals surface area (Å²) in [5.74, 6) is 0.581. The van der Waals surface area contributed by atoms with Crippen LogP contribution in [0.1, 0.15) is 12.0 Å². The van der Waals surface area contributed by atoms with Crippen LogP contribution in [0, 0.1) is 0 Å². The minimum Gasteiger partial charge on any atom is -0.488 e. The second-order valence-electron chi connectivity index (χ2n) is 4.00. The molecule has 0 bridgehead atoms. The van der Waals surface area contributed by atoms with Crippen LogP contribution in [-0.4, -0.2) is 32.4 Å². The Bertz CT molecular complexity index is 366. The van der Waals surface area contributed by atoms with Crippen LogP contribution in [0.25, 0.3) is 0 Å². The minimum absolute atomic E-state index is 0.154. The molecule has 1 unspecified atom stereocenters. The third-order valence-electron chi connectivity index (χ3n) is 2.69. The summed E-state index contributed by atoms with van der Waals surface area (Å²) in [5, 5.41) is 0. The van der Waals surface area contributed by atoms with E-state index >= 15 is 0 Å². The van der Waals surface area contributed by atoms with E-state index in [0.29, 0.717) is 13.0 Å². The van der Waals surface area contributed by atoms with Gasteiger partial charge in [-0.25, -0.2) is 0 Å². The van der Waals surface area contributed by atoms with Gasteiger partial charge < -0.3 is 14.2 Å². The van der Waals surface area contributed by atoms with Crippen molar-refractivity contribution in [3.63, 3.8) is 0 Å². The molecule has 1 aromatic carbocycles. The predicted octanol–water partition coefficient (Wildman–Crippen LogP) is 1.57. The van der Waals surface area contributed by atoms with Crippen molar-refractivity contribution in [2.45, 2.75) is 18.9 Å². The van der Waals surface area contributed by atoms with E-state index in [1.54, 1.807) is 0 Å². The first-order valence-electron chi connectivity index (χ1n) is 5.68. The van der Waals surface area contributed by atoms with E-state index in [9.17, 15) is 4.79 Å². The second kappa shape index (κ2) is 5.68. The van der Waals surface area contributed by atoms with E-state index < -0.39 is 0 Å². The number of rotatable bonds is 4. The largest absolute Gasteiger partial charge is 0.488 e. The first-order chi connectivity index (χ1) is 8.28. The summed E-state index contributed by atoms with van der Waals surface area (Å²) >= 11 is 0. The number of benzene rings is 1. The van der Waals surface area contributed by atoms with Crippen LogP contribution in [0.4, 0.5) is 0 Å². The maximum atomic E-state index is 11.1. The van der Waals surface area contributed by atoms with Gasteiger partial charge in [-0.1, -0.05) is 12.1 Å². The molecule has 4 nitrogen and oxygen atoms in total. The van der Waals surface area contributed by atoms with Gasteiger partial charge in [-0.05, 0) is 17.7 Å². The van der Waals surface area contributed by atoms with E-state index in [4.69, 9.17) is 9.47 Å². The zero-order valence-corrected chi connectivity index (χ0v) is 9.85. The van der Waals surface area contributed by atoms with Crippen LogP contribution in [-0.2, 0) is 20.7 Å². The number of ether oxygens (including phenoxy) is 3. The summed E-state index contributed by atoms with van der Waals surface area (Å²) in [5.41, 5.74) is 0.923. The highest BCUT2D eigenvalue weighted by molar-refractivity contribution is 5.72. The summed E-state index contributed by atoms with van der Waals surface area (Å²) in [6.07, 6.45) is 1.38. The molecule has 0 aromatic heterocycles. The molecule has 0 N–H and O–H groups in total. The number of hydrogen-bond donors (Lipinski definition) is 0. The van der Waals surface area contributed by atoms with E-state index in [0.717, 1.165) is 24.3 Å². The van der Waals surface area contributed by atoms with Crippen molar-refractivity contribution in [3.8, 4) is 5.75 Å². The van der Waals surface area contributed by atoms with Gasteiger partial charge in [0.2, 0.25) is 0 Å². The SMILES string of the molecule is COC(=O)Cc1ccc(OC2CCOC2)cc1. The zero-order chi connectivity index (χ0) is 12.1. The summed E-state index contributed by atoms with van der Waals surface area (Å²) in [6.45, 7) is 1.43. The van der Waals surface area contributed by atoms with Gasteiger partial charge in [0.05, 0.1) is 26.7 Å². The van der Waals surface area contributed by atoms with Crippen molar-refractivity contribution in [1.29, 1.82) is 0 Å². The number of hydrogen-bond acceptors (Lipinski definition) is 4. The normalized spacial score (nSPS) is 19.0. The van der Waals surface area contributed by atoms with Gasteiger partial charge in [0.25, 0.3) is 0 Å². The molecule has 17 heavy (non-hydrogen) atoms. The van der Waals surface area contributed by atoms with Gasteiger partial charge in [-0.15, -0.1) is 0 Å². The fourth-order valence-electron chi connectivity index (χ4n) is 1.72. The van der Waals surface area contributed by atoms with Gasteiger partial charge in [-0.2, -0.15) is 0 Å². The fourth-order valence-corrected chi connectivity index (χ4v) is 1.72. The molecule has 92 valence electrons.